The third-order valence-electron chi connectivity index (χ3n) is 3.15. The van der Waals surface area contributed by atoms with Crippen molar-refractivity contribution in [2.24, 2.45) is 0 Å². The molecule has 1 aromatic heterocycles. The maximum atomic E-state index is 10.8. The summed E-state index contributed by atoms with van der Waals surface area (Å²) in [5.41, 5.74) is 8.57. The number of nitrogens with two attached hydrogens (primary N) is 1. The van der Waals surface area contributed by atoms with Crippen molar-refractivity contribution >= 4 is 22.9 Å². The van der Waals surface area contributed by atoms with Crippen LogP contribution in [-0.2, 0) is 0 Å². The van der Waals surface area contributed by atoms with Gasteiger partial charge < -0.3 is 10.8 Å². The van der Waals surface area contributed by atoms with Crippen molar-refractivity contribution in [3.8, 4) is 11.1 Å². The van der Waals surface area contributed by atoms with Crippen LogP contribution >= 0.6 is 0 Å². The van der Waals surface area contributed by atoms with Gasteiger partial charge in [-0.05, 0) is 34.7 Å². The molecule has 0 aliphatic rings. The van der Waals surface area contributed by atoms with Crippen molar-refractivity contribution in [1.82, 2.24) is 4.98 Å². The largest absolute Gasteiger partial charge is 0.400 e. The molecule has 0 amide bonds. The van der Waals surface area contributed by atoms with Gasteiger partial charge >= 0.3 is 0 Å². The number of fused-ring (bicyclic) bond motifs is 1. The fourth-order valence-corrected chi connectivity index (χ4v) is 2.16. The van der Waals surface area contributed by atoms with E-state index in [-0.39, 0.29) is 0 Å². The van der Waals surface area contributed by atoms with E-state index in [1.165, 1.54) is 0 Å². The molecule has 0 atom stereocenters. The van der Waals surface area contributed by atoms with Crippen LogP contribution in [0.2, 0.25) is 0 Å². The number of carbonyl (C=O) groups excluding carboxylic acids is 1. The number of aliphatic hydroxyl groups excluding tert-OH is 1. The number of aromatic nitrogens is 1. The molecule has 4 heteroatoms. The highest BCUT2D eigenvalue weighted by Gasteiger charge is 2.03. The number of hydrogen-bond donors (Lipinski definition) is 2. The molecule has 0 aliphatic heterocycles. The van der Waals surface area contributed by atoms with E-state index in [9.17, 15) is 4.79 Å². The molecule has 4 nitrogen and oxygen atoms in total. The van der Waals surface area contributed by atoms with Crippen molar-refractivity contribution in [3.63, 3.8) is 0 Å². The number of nitrogen functional groups attached to an aromatic ring is 1. The first-order valence-electron chi connectivity index (χ1n) is 6.42. The summed E-state index contributed by atoms with van der Waals surface area (Å²) in [5.74, 6) is 0.519. The first-order chi connectivity index (χ1) is 10.3. The Labute approximate surface area is 122 Å². The minimum Gasteiger partial charge on any atom is -0.400 e. The van der Waals surface area contributed by atoms with Crippen LogP contribution in [0.4, 0.5) is 5.82 Å². The van der Waals surface area contributed by atoms with E-state index >= 15 is 0 Å². The van der Waals surface area contributed by atoms with Gasteiger partial charge in [0.25, 0.3) is 0 Å². The number of pyridine rings is 1. The molecule has 0 unspecified atom stereocenters. The Morgan fingerprint density at radius 3 is 2.57 bits per heavy atom. The number of benzene rings is 2. The Hall–Kier alpha value is -2.72. The van der Waals surface area contributed by atoms with Crippen LogP contribution in [0.25, 0.3) is 21.9 Å². The zero-order valence-corrected chi connectivity index (χ0v) is 11.7. The Morgan fingerprint density at radius 2 is 1.81 bits per heavy atom. The van der Waals surface area contributed by atoms with Gasteiger partial charge in [0.1, 0.15) is 12.1 Å². The molecule has 0 radical (unpaired) electrons. The monoisotopic (exact) mass is 280 g/mol. The molecule has 2 aromatic carbocycles. The Balaban J connectivity index is 0.000000774. The van der Waals surface area contributed by atoms with Crippen LogP contribution in [0.5, 0.6) is 0 Å². The SMILES string of the molecule is CO.Nc1nccc2ccc(-c3cccc(C=O)c3)cc12. The van der Waals surface area contributed by atoms with Gasteiger partial charge in [0.15, 0.2) is 0 Å². The summed E-state index contributed by atoms with van der Waals surface area (Å²) in [6.45, 7) is 0. The molecule has 3 rings (SSSR count). The number of aliphatic hydroxyl groups is 1. The predicted octanol–water partition coefficient (Wildman–Crippen LogP) is 2.91. The molecule has 0 saturated carbocycles. The third kappa shape index (κ3) is 3.07. The van der Waals surface area contributed by atoms with Crippen LogP contribution in [0.3, 0.4) is 0 Å². The van der Waals surface area contributed by atoms with E-state index in [2.05, 4.69) is 4.98 Å². The smallest absolute Gasteiger partial charge is 0.150 e. The van der Waals surface area contributed by atoms with Crippen molar-refractivity contribution < 1.29 is 9.90 Å². The second-order valence-electron chi connectivity index (χ2n) is 4.38. The molecule has 0 spiro atoms. The summed E-state index contributed by atoms with van der Waals surface area (Å²) in [5, 5.41) is 8.99. The second kappa shape index (κ2) is 6.63. The fourth-order valence-electron chi connectivity index (χ4n) is 2.16. The molecular formula is C17H16N2O2. The van der Waals surface area contributed by atoms with Crippen LogP contribution < -0.4 is 5.73 Å². The number of aldehydes is 1. The number of rotatable bonds is 2. The number of anilines is 1. The minimum absolute atomic E-state index is 0.519. The molecule has 0 fully saturated rings. The van der Waals surface area contributed by atoms with Gasteiger partial charge in [0, 0.05) is 24.3 Å². The predicted molar refractivity (Wildman–Crippen MR) is 85.1 cm³/mol. The third-order valence-corrected chi connectivity index (χ3v) is 3.15. The van der Waals surface area contributed by atoms with E-state index in [0.717, 1.165) is 35.3 Å². The number of hydrogen-bond acceptors (Lipinski definition) is 4. The molecular weight excluding hydrogens is 264 g/mol. The molecule has 3 N–H and O–H groups in total. The number of nitrogens with zero attached hydrogens (tertiary/aromatic N) is 1. The van der Waals surface area contributed by atoms with Crippen LogP contribution in [0.15, 0.2) is 54.7 Å². The van der Waals surface area contributed by atoms with Crippen LogP contribution in [-0.4, -0.2) is 23.5 Å². The lowest BCUT2D eigenvalue weighted by Crippen LogP contribution is -1.91. The zero-order valence-electron chi connectivity index (χ0n) is 11.7. The quantitative estimate of drug-likeness (QED) is 0.708. The lowest BCUT2D eigenvalue weighted by atomic mass is 10.0. The highest BCUT2D eigenvalue weighted by molar-refractivity contribution is 5.94. The van der Waals surface area contributed by atoms with Crippen molar-refractivity contribution in [1.29, 1.82) is 0 Å². The summed E-state index contributed by atoms with van der Waals surface area (Å²) in [6.07, 6.45) is 2.55. The van der Waals surface area contributed by atoms with Gasteiger partial charge in [-0.15, -0.1) is 0 Å². The molecule has 21 heavy (non-hydrogen) atoms. The van der Waals surface area contributed by atoms with Gasteiger partial charge in [-0.2, -0.15) is 0 Å². The molecule has 0 aliphatic carbocycles. The van der Waals surface area contributed by atoms with Crippen molar-refractivity contribution in [2.45, 2.75) is 0 Å². The van der Waals surface area contributed by atoms with Crippen LogP contribution in [0.1, 0.15) is 10.4 Å². The van der Waals surface area contributed by atoms with Crippen molar-refractivity contribution in [2.75, 3.05) is 12.8 Å². The normalized spacial score (nSPS) is 9.81. The topological polar surface area (TPSA) is 76.2 Å². The molecule has 3 aromatic rings. The Morgan fingerprint density at radius 1 is 1.05 bits per heavy atom. The standard InChI is InChI=1S/C16H12N2O.CH4O/c17-16-15-9-14(5-4-12(15)6-7-18-16)13-3-1-2-11(8-13)10-19;1-2/h1-10H,(H2,17,18);2H,1H3. The Kier molecular flexibility index (Phi) is 4.64. The van der Waals surface area contributed by atoms with E-state index in [0.29, 0.717) is 11.4 Å². The summed E-state index contributed by atoms with van der Waals surface area (Å²) >= 11 is 0. The first kappa shape index (κ1) is 14.7. The highest BCUT2D eigenvalue weighted by Crippen LogP contribution is 2.27. The van der Waals surface area contributed by atoms with Crippen molar-refractivity contribution in [3.05, 3.63) is 60.3 Å². The highest BCUT2D eigenvalue weighted by atomic mass is 16.2. The lowest BCUT2D eigenvalue weighted by molar-refractivity contribution is 0.112. The fraction of sp³-hybridized carbons (Fsp3) is 0.0588. The lowest BCUT2D eigenvalue weighted by Gasteiger charge is -2.06. The average Bonchev–Trinajstić information content (AvgIpc) is 2.57. The molecule has 1 heterocycles. The average molecular weight is 280 g/mol. The molecule has 0 bridgehead atoms. The van der Waals surface area contributed by atoms with E-state index in [1.807, 2.05) is 42.5 Å². The van der Waals surface area contributed by atoms with Gasteiger partial charge in [-0.3, -0.25) is 4.79 Å². The summed E-state index contributed by atoms with van der Waals surface area (Å²) < 4.78 is 0. The van der Waals surface area contributed by atoms with E-state index in [1.54, 1.807) is 12.3 Å². The van der Waals surface area contributed by atoms with E-state index < -0.39 is 0 Å². The summed E-state index contributed by atoms with van der Waals surface area (Å²) in [4.78, 5) is 14.9. The molecule has 106 valence electrons. The van der Waals surface area contributed by atoms with Gasteiger partial charge in [-0.25, -0.2) is 4.98 Å². The molecule has 0 saturated heterocycles. The van der Waals surface area contributed by atoms with Gasteiger partial charge in [0.2, 0.25) is 0 Å². The van der Waals surface area contributed by atoms with Gasteiger partial charge in [-0.1, -0.05) is 30.3 Å². The maximum Gasteiger partial charge on any atom is 0.150 e. The first-order valence-corrected chi connectivity index (χ1v) is 6.42. The van der Waals surface area contributed by atoms with Crippen LogP contribution in [0, 0.1) is 0 Å². The second-order valence-corrected chi connectivity index (χ2v) is 4.38. The maximum absolute atomic E-state index is 10.8. The van der Waals surface area contributed by atoms with Gasteiger partial charge in [0.05, 0.1) is 0 Å². The number of carbonyl (C=O) groups is 1. The summed E-state index contributed by atoms with van der Waals surface area (Å²) in [6, 6.07) is 15.5. The Bertz CT molecular complexity index is 770. The minimum atomic E-state index is 0.519. The summed E-state index contributed by atoms with van der Waals surface area (Å²) in [7, 11) is 1.00. The zero-order chi connectivity index (χ0) is 15.2. The van der Waals surface area contributed by atoms with E-state index in [4.69, 9.17) is 10.8 Å².